The summed E-state index contributed by atoms with van der Waals surface area (Å²) in [6, 6.07) is 3.55. The monoisotopic (exact) mass is 505 g/mol. The molecule has 0 fully saturated rings. The molecule has 3 aromatic rings. The summed E-state index contributed by atoms with van der Waals surface area (Å²) in [4.78, 5) is 23.4. The minimum absolute atomic E-state index is 0.116. The second-order valence-electron chi connectivity index (χ2n) is 8.18. The SMILES string of the molecule is CCOCCCOc1cc(-c2cc(C)c3c(n2)CN(c2cnn(CC(F)(F)F)c2)C3=O)cnc1OC. The second-order valence-corrected chi connectivity index (χ2v) is 8.18. The number of anilines is 1. The average molecular weight is 505 g/mol. The van der Waals surface area contributed by atoms with E-state index in [1.165, 1.54) is 24.4 Å². The number of methoxy groups -OCH3 is 1. The number of carbonyl (C=O) groups is 1. The van der Waals surface area contributed by atoms with E-state index in [1.807, 2.05) is 6.92 Å². The van der Waals surface area contributed by atoms with Crippen LogP contribution in [0.15, 0.2) is 30.7 Å². The van der Waals surface area contributed by atoms with E-state index < -0.39 is 12.7 Å². The van der Waals surface area contributed by atoms with Crippen molar-refractivity contribution < 1.29 is 32.2 Å². The van der Waals surface area contributed by atoms with Gasteiger partial charge in [0.15, 0.2) is 5.75 Å². The number of amides is 1. The van der Waals surface area contributed by atoms with Crippen molar-refractivity contribution in [1.29, 1.82) is 0 Å². The number of nitrogens with zero attached hydrogens (tertiary/aromatic N) is 5. The molecule has 0 N–H and O–H groups in total. The molecular formula is C24H26F3N5O4. The molecule has 1 aliphatic heterocycles. The predicted octanol–water partition coefficient (Wildman–Crippen LogP) is 4.19. The predicted molar refractivity (Wildman–Crippen MR) is 124 cm³/mol. The zero-order chi connectivity index (χ0) is 25.9. The summed E-state index contributed by atoms with van der Waals surface area (Å²) in [5.74, 6) is 0.464. The molecule has 0 saturated carbocycles. The summed E-state index contributed by atoms with van der Waals surface area (Å²) in [6.45, 7) is 4.24. The lowest BCUT2D eigenvalue weighted by atomic mass is 10.0. The number of hydrogen-bond donors (Lipinski definition) is 0. The molecule has 0 spiro atoms. The summed E-state index contributed by atoms with van der Waals surface area (Å²) >= 11 is 0. The Morgan fingerprint density at radius 3 is 2.69 bits per heavy atom. The lowest BCUT2D eigenvalue weighted by molar-refractivity contribution is -0.142. The minimum atomic E-state index is -4.41. The number of carbonyl (C=O) groups excluding carboxylic acids is 1. The zero-order valence-electron chi connectivity index (χ0n) is 20.1. The fourth-order valence-electron chi connectivity index (χ4n) is 3.94. The molecule has 0 radical (unpaired) electrons. The third kappa shape index (κ3) is 5.59. The maximum Gasteiger partial charge on any atom is 0.408 e. The lowest BCUT2D eigenvalue weighted by Gasteiger charge is -2.12. The molecule has 0 aliphatic carbocycles. The van der Waals surface area contributed by atoms with Gasteiger partial charge in [-0.1, -0.05) is 0 Å². The minimum Gasteiger partial charge on any atom is -0.488 e. The van der Waals surface area contributed by atoms with Crippen LogP contribution in [0.5, 0.6) is 11.6 Å². The lowest BCUT2D eigenvalue weighted by Crippen LogP contribution is -2.23. The van der Waals surface area contributed by atoms with Gasteiger partial charge >= 0.3 is 6.18 Å². The van der Waals surface area contributed by atoms with Crippen LogP contribution in [-0.2, 0) is 17.8 Å². The van der Waals surface area contributed by atoms with Crippen molar-refractivity contribution in [2.75, 3.05) is 31.8 Å². The van der Waals surface area contributed by atoms with Crippen molar-refractivity contribution >= 4 is 11.6 Å². The standard InChI is InChI=1S/C24H26F3N5O4/c1-4-35-6-5-7-36-20-9-16(10-28-22(20)34-3)18-8-15(2)21-19(30-18)13-32(23(21)33)17-11-29-31(12-17)14-24(25,26)27/h8-12H,4-7,13-14H2,1-3H3. The number of aryl methyl sites for hydroxylation is 1. The molecule has 1 aliphatic rings. The van der Waals surface area contributed by atoms with Crippen molar-refractivity contribution in [3.8, 4) is 22.9 Å². The number of aromatic nitrogens is 4. The number of alkyl halides is 3. The molecule has 3 aromatic heterocycles. The Morgan fingerprint density at radius 2 is 1.97 bits per heavy atom. The van der Waals surface area contributed by atoms with Crippen LogP contribution in [-0.4, -0.2) is 58.8 Å². The van der Waals surface area contributed by atoms with Gasteiger partial charge in [-0.15, -0.1) is 0 Å². The molecule has 0 bridgehead atoms. The normalized spacial score (nSPS) is 13.3. The van der Waals surface area contributed by atoms with Gasteiger partial charge in [0.25, 0.3) is 11.8 Å². The molecular weight excluding hydrogens is 479 g/mol. The van der Waals surface area contributed by atoms with Gasteiger partial charge < -0.3 is 14.2 Å². The highest BCUT2D eigenvalue weighted by Crippen LogP contribution is 2.34. The van der Waals surface area contributed by atoms with Gasteiger partial charge in [-0.3, -0.25) is 19.4 Å². The fourth-order valence-corrected chi connectivity index (χ4v) is 3.94. The largest absolute Gasteiger partial charge is 0.488 e. The van der Waals surface area contributed by atoms with Crippen molar-refractivity contribution in [2.45, 2.75) is 39.5 Å². The Kier molecular flexibility index (Phi) is 7.43. The quantitative estimate of drug-likeness (QED) is 0.382. The molecule has 4 heterocycles. The fraction of sp³-hybridized carbons (Fsp3) is 0.417. The Balaban J connectivity index is 1.56. The van der Waals surface area contributed by atoms with Gasteiger partial charge in [-0.05, 0) is 31.5 Å². The summed E-state index contributed by atoms with van der Waals surface area (Å²) in [5.41, 5.74) is 3.18. The highest BCUT2D eigenvalue weighted by molar-refractivity contribution is 6.10. The highest BCUT2D eigenvalue weighted by atomic mass is 19.4. The van der Waals surface area contributed by atoms with Crippen LogP contribution in [0.3, 0.4) is 0 Å². The Hall–Kier alpha value is -3.67. The van der Waals surface area contributed by atoms with Gasteiger partial charge in [0.1, 0.15) is 6.54 Å². The molecule has 0 unspecified atom stereocenters. The molecule has 0 aromatic carbocycles. The topological polar surface area (TPSA) is 91.6 Å². The van der Waals surface area contributed by atoms with E-state index in [1.54, 1.807) is 25.3 Å². The number of ether oxygens (including phenoxy) is 3. The Labute approximate surface area is 205 Å². The van der Waals surface area contributed by atoms with Crippen molar-refractivity contribution in [1.82, 2.24) is 19.7 Å². The smallest absolute Gasteiger partial charge is 0.408 e. The summed E-state index contributed by atoms with van der Waals surface area (Å²) < 4.78 is 55.3. The van der Waals surface area contributed by atoms with Crippen molar-refractivity contribution in [3.05, 3.63) is 47.5 Å². The number of fused-ring (bicyclic) bond motifs is 1. The first-order valence-electron chi connectivity index (χ1n) is 11.4. The van der Waals surface area contributed by atoms with Crippen molar-refractivity contribution in [3.63, 3.8) is 0 Å². The molecule has 36 heavy (non-hydrogen) atoms. The van der Waals surface area contributed by atoms with Gasteiger partial charge in [0.2, 0.25) is 0 Å². The van der Waals surface area contributed by atoms with E-state index in [9.17, 15) is 18.0 Å². The maximum absolute atomic E-state index is 13.1. The first-order chi connectivity index (χ1) is 17.2. The second kappa shape index (κ2) is 10.5. The molecule has 192 valence electrons. The van der Waals surface area contributed by atoms with E-state index in [0.29, 0.717) is 65.9 Å². The van der Waals surface area contributed by atoms with E-state index in [2.05, 4.69) is 15.1 Å². The third-order valence-corrected chi connectivity index (χ3v) is 5.53. The van der Waals surface area contributed by atoms with E-state index in [4.69, 9.17) is 14.2 Å². The summed E-state index contributed by atoms with van der Waals surface area (Å²) in [5, 5.41) is 3.74. The zero-order valence-corrected chi connectivity index (χ0v) is 20.1. The molecule has 4 rings (SSSR count). The van der Waals surface area contributed by atoms with E-state index in [0.717, 1.165) is 4.68 Å². The van der Waals surface area contributed by atoms with Crippen LogP contribution in [0.25, 0.3) is 11.3 Å². The van der Waals surface area contributed by atoms with Gasteiger partial charge in [-0.25, -0.2) is 4.98 Å². The Bertz CT molecular complexity index is 1240. The van der Waals surface area contributed by atoms with Crippen LogP contribution in [0, 0.1) is 6.92 Å². The van der Waals surface area contributed by atoms with Crippen LogP contribution in [0.1, 0.15) is 35.0 Å². The highest BCUT2D eigenvalue weighted by Gasteiger charge is 2.34. The van der Waals surface area contributed by atoms with Crippen LogP contribution >= 0.6 is 0 Å². The van der Waals surface area contributed by atoms with Gasteiger partial charge in [0, 0.05) is 37.6 Å². The number of hydrogen-bond acceptors (Lipinski definition) is 7. The van der Waals surface area contributed by atoms with Crippen LogP contribution < -0.4 is 14.4 Å². The summed E-state index contributed by atoms with van der Waals surface area (Å²) in [7, 11) is 1.50. The summed E-state index contributed by atoms with van der Waals surface area (Å²) in [6.07, 6.45) is 0.349. The van der Waals surface area contributed by atoms with Crippen LogP contribution in [0.2, 0.25) is 0 Å². The molecule has 12 heteroatoms. The molecule has 1 amide bonds. The maximum atomic E-state index is 13.1. The van der Waals surface area contributed by atoms with Gasteiger partial charge in [-0.2, -0.15) is 18.3 Å². The van der Waals surface area contributed by atoms with Crippen molar-refractivity contribution in [2.24, 2.45) is 0 Å². The third-order valence-electron chi connectivity index (χ3n) is 5.53. The number of rotatable bonds is 10. The van der Waals surface area contributed by atoms with E-state index in [-0.39, 0.29) is 18.1 Å². The Morgan fingerprint density at radius 1 is 1.17 bits per heavy atom. The first kappa shape index (κ1) is 25.4. The molecule has 9 nitrogen and oxygen atoms in total. The van der Waals surface area contributed by atoms with Crippen LogP contribution in [0.4, 0.5) is 18.9 Å². The number of pyridine rings is 2. The molecule has 0 atom stereocenters. The average Bonchev–Trinajstić information content (AvgIpc) is 3.41. The first-order valence-corrected chi connectivity index (χ1v) is 11.4. The number of halogens is 3. The molecule has 0 saturated heterocycles. The van der Waals surface area contributed by atoms with E-state index >= 15 is 0 Å². The van der Waals surface area contributed by atoms with Gasteiger partial charge in [0.05, 0.1) is 49.1 Å².